The molecule has 0 radical (unpaired) electrons. The van der Waals surface area contributed by atoms with Crippen LogP contribution in [0, 0.1) is 10.1 Å². The van der Waals surface area contributed by atoms with Crippen molar-refractivity contribution in [3.8, 4) is 0 Å². The fourth-order valence-corrected chi connectivity index (χ4v) is 1.79. The second kappa shape index (κ2) is 4.74. The van der Waals surface area contributed by atoms with E-state index in [-0.39, 0.29) is 11.3 Å². The Bertz CT molecular complexity index is 441. The molecule has 0 heterocycles. The molecule has 0 atom stereocenters. The van der Waals surface area contributed by atoms with Gasteiger partial charge in [0.15, 0.2) is 0 Å². The van der Waals surface area contributed by atoms with E-state index in [9.17, 15) is 14.9 Å². The lowest BCUT2D eigenvalue weighted by molar-refractivity contribution is -0.386. The second-order valence-corrected chi connectivity index (χ2v) is 3.43. The highest BCUT2D eigenvalue weighted by Gasteiger charge is 2.22. The molecular weight excluding hydrogens is 208 g/mol. The number of rotatable bonds is 4. The Kier molecular flexibility index (Phi) is 3.60. The standard InChI is InChI=1S/C11H14N2O3/c1-3-7-5-6-9(11(12)14)8(4-2)10(7)13(15)16/h5-6H,3-4H2,1-2H3,(H2,12,14). The predicted octanol–water partition coefficient (Wildman–Crippen LogP) is 1.82. The van der Waals surface area contributed by atoms with Crippen LogP contribution >= 0.6 is 0 Å². The van der Waals surface area contributed by atoms with Crippen LogP contribution in [-0.4, -0.2) is 10.8 Å². The number of nitro groups is 1. The van der Waals surface area contributed by atoms with E-state index >= 15 is 0 Å². The molecule has 0 aliphatic heterocycles. The highest BCUT2D eigenvalue weighted by atomic mass is 16.6. The van der Waals surface area contributed by atoms with Crippen molar-refractivity contribution in [3.05, 3.63) is 38.9 Å². The topological polar surface area (TPSA) is 86.2 Å². The van der Waals surface area contributed by atoms with Crippen molar-refractivity contribution in [1.82, 2.24) is 0 Å². The van der Waals surface area contributed by atoms with Gasteiger partial charge in [-0.1, -0.05) is 19.9 Å². The van der Waals surface area contributed by atoms with Crippen LogP contribution in [0.5, 0.6) is 0 Å². The molecule has 0 bridgehead atoms. The first kappa shape index (κ1) is 12.2. The van der Waals surface area contributed by atoms with Crippen molar-refractivity contribution < 1.29 is 9.72 Å². The third kappa shape index (κ3) is 2.03. The van der Waals surface area contributed by atoms with E-state index in [1.54, 1.807) is 19.1 Å². The van der Waals surface area contributed by atoms with Gasteiger partial charge < -0.3 is 5.73 Å². The first-order valence-electron chi connectivity index (χ1n) is 5.11. The number of primary amides is 1. The summed E-state index contributed by atoms with van der Waals surface area (Å²) in [5, 5.41) is 11.0. The number of amides is 1. The Balaban J connectivity index is 3.56. The van der Waals surface area contributed by atoms with Crippen molar-refractivity contribution in [3.63, 3.8) is 0 Å². The molecule has 1 rings (SSSR count). The summed E-state index contributed by atoms with van der Waals surface area (Å²) in [6.07, 6.45) is 0.977. The summed E-state index contributed by atoms with van der Waals surface area (Å²) >= 11 is 0. The van der Waals surface area contributed by atoms with Crippen molar-refractivity contribution in [1.29, 1.82) is 0 Å². The van der Waals surface area contributed by atoms with Crippen molar-refractivity contribution in [2.75, 3.05) is 0 Å². The number of hydrogen-bond acceptors (Lipinski definition) is 3. The highest BCUT2D eigenvalue weighted by Crippen LogP contribution is 2.28. The Morgan fingerprint density at radius 2 is 2.00 bits per heavy atom. The summed E-state index contributed by atoms with van der Waals surface area (Å²) in [6, 6.07) is 3.16. The van der Waals surface area contributed by atoms with Gasteiger partial charge in [0.2, 0.25) is 5.91 Å². The zero-order valence-corrected chi connectivity index (χ0v) is 9.32. The average Bonchev–Trinajstić information content (AvgIpc) is 2.26. The summed E-state index contributed by atoms with van der Waals surface area (Å²) < 4.78 is 0. The molecule has 86 valence electrons. The molecule has 0 unspecified atom stereocenters. The first-order chi connectivity index (χ1) is 7.52. The van der Waals surface area contributed by atoms with Crippen LogP contribution in [0.3, 0.4) is 0 Å². The van der Waals surface area contributed by atoms with E-state index in [1.807, 2.05) is 6.92 Å². The van der Waals surface area contributed by atoms with Crippen LogP contribution in [0.15, 0.2) is 12.1 Å². The molecule has 0 aromatic heterocycles. The molecule has 0 aliphatic rings. The normalized spacial score (nSPS) is 10.1. The molecule has 0 fully saturated rings. The van der Waals surface area contributed by atoms with Crippen LogP contribution in [0.1, 0.15) is 35.3 Å². The molecule has 1 aromatic rings. The van der Waals surface area contributed by atoms with Crippen LogP contribution in [-0.2, 0) is 12.8 Å². The smallest absolute Gasteiger partial charge is 0.276 e. The van der Waals surface area contributed by atoms with Crippen LogP contribution in [0.4, 0.5) is 5.69 Å². The summed E-state index contributed by atoms with van der Waals surface area (Å²) in [4.78, 5) is 21.7. The molecular formula is C11H14N2O3. The number of aryl methyl sites for hydroxylation is 1. The summed E-state index contributed by atoms with van der Waals surface area (Å²) in [6.45, 7) is 3.61. The summed E-state index contributed by atoms with van der Waals surface area (Å²) in [5.41, 5.74) is 6.52. The summed E-state index contributed by atoms with van der Waals surface area (Å²) in [7, 11) is 0. The van der Waals surface area contributed by atoms with Crippen LogP contribution in [0.25, 0.3) is 0 Å². The average molecular weight is 222 g/mol. The van der Waals surface area contributed by atoms with Gasteiger partial charge in [-0.25, -0.2) is 0 Å². The number of carbonyl (C=O) groups is 1. The van der Waals surface area contributed by atoms with Gasteiger partial charge in [0.25, 0.3) is 5.69 Å². The molecule has 5 heteroatoms. The van der Waals surface area contributed by atoms with Gasteiger partial charge in [-0.05, 0) is 18.9 Å². The Morgan fingerprint density at radius 1 is 1.38 bits per heavy atom. The minimum Gasteiger partial charge on any atom is -0.366 e. The molecule has 0 saturated carbocycles. The molecule has 0 spiro atoms. The SMILES string of the molecule is CCc1ccc(C(N)=O)c(CC)c1[N+](=O)[O-]. The molecule has 0 saturated heterocycles. The molecule has 5 nitrogen and oxygen atoms in total. The van der Waals surface area contributed by atoms with Gasteiger partial charge >= 0.3 is 0 Å². The molecule has 0 aliphatic carbocycles. The Labute approximate surface area is 93.4 Å². The molecule has 2 N–H and O–H groups in total. The van der Waals surface area contributed by atoms with Gasteiger partial charge in [0.1, 0.15) is 0 Å². The van der Waals surface area contributed by atoms with Crippen LogP contribution < -0.4 is 5.73 Å². The fraction of sp³-hybridized carbons (Fsp3) is 0.364. The maximum Gasteiger partial charge on any atom is 0.276 e. The first-order valence-corrected chi connectivity index (χ1v) is 5.11. The lowest BCUT2D eigenvalue weighted by atomic mass is 9.97. The maximum absolute atomic E-state index is 11.2. The third-order valence-electron chi connectivity index (χ3n) is 2.55. The fourth-order valence-electron chi connectivity index (χ4n) is 1.79. The number of hydrogen-bond donors (Lipinski definition) is 1. The minimum absolute atomic E-state index is 0.0290. The highest BCUT2D eigenvalue weighted by molar-refractivity contribution is 5.95. The Hall–Kier alpha value is -1.91. The van der Waals surface area contributed by atoms with E-state index in [2.05, 4.69) is 0 Å². The van der Waals surface area contributed by atoms with Crippen LogP contribution in [0.2, 0.25) is 0 Å². The Morgan fingerprint density at radius 3 is 2.38 bits per heavy atom. The lowest BCUT2D eigenvalue weighted by Crippen LogP contribution is -2.15. The van der Waals surface area contributed by atoms with E-state index in [4.69, 9.17) is 5.73 Å². The van der Waals surface area contributed by atoms with Gasteiger partial charge in [-0.3, -0.25) is 14.9 Å². The number of carbonyl (C=O) groups excluding carboxylic acids is 1. The van der Waals surface area contributed by atoms with Gasteiger partial charge in [-0.15, -0.1) is 0 Å². The van der Waals surface area contributed by atoms with E-state index in [0.717, 1.165) is 0 Å². The zero-order valence-electron chi connectivity index (χ0n) is 9.32. The quantitative estimate of drug-likeness (QED) is 0.622. The van der Waals surface area contributed by atoms with E-state index in [0.29, 0.717) is 24.0 Å². The number of nitrogens with zero attached hydrogens (tertiary/aromatic N) is 1. The van der Waals surface area contributed by atoms with E-state index < -0.39 is 10.8 Å². The van der Waals surface area contributed by atoms with Crippen molar-refractivity contribution in [2.45, 2.75) is 26.7 Å². The third-order valence-corrected chi connectivity index (χ3v) is 2.55. The van der Waals surface area contributed by atoms with Gasteiger partial charge in [-0.2, -0.15) is 0 Å². The predicted molar refractivity (Wildman–Crippen MR) is 60.4 cm³/mol. The monoisotopic (exact) mass is 222 g/mol. The van der Waals surface area contributed by atoms with Gasteiger partial charge in [0, 0.05) is 16.7 Å². The molecule has 1 aromatic carbocycles. The van der Waals surface area contributed by atoms with Crippen molar-refractivity contribution >= 4 is 11.6 Å². The largest absolute Gasteiger partial charge is 0.366 e. The van der Waals surface area contributed by atoms with Gasteiger partial charge in [0.05, 0.1) is 4.92 Å². The lowest BCUT2D eigenvalue weighted by Gasteiger charge is -2.08. The minimum atomic E-state index is -0.623. The number of benzene rings is 1. The number of nitrogens with two attached hydrogens (primary N) is 1. The van der Waals surface area contributed by atoms with Crippen molar-refractivity contribution in [2.24, 2.45) is 5.73 Å². The van der Waals surface area contributed by atoms with E-state index in [1.165, 1.54) is 0 Å². The molecule has 1 amide bonds. The summed E-state index contributed by atoms with van der Waals surface area (Å²) in [5.74, 6) is -0.623. The number of nitro benzene ring substituents is 1. The second-order valence-electron chi connectivity index (χ2n) is 3.43. The zero-order chi connectivity index (χ0) is 12.3. The molecule has 16 heavy (non-hydrogen) atoms. The maximum atomic E-state index is 11.2.